The molecule has 0 radical (unpaired) electrons. The van der Waals surface area contributed by atoms with Gasteiger partial charge in [-0.05, 0) is 0 Å². The molecule has 0 saturated carbocycles. The van der Waals surface area contributed by atoms with Gasteiger partial charge in [0.25, 0.3) is 0 Å². The van der Waals surface area contributed by atoms with Crippen LogP contribution in [0.25, 0.3) is 0 Å². The molecular formula is C8H6O3S. The molecule has 3 nitrogen and oxygen atoms in total. The molecule has 2 aliphatic rings. The smallest absolute Gasteiger partial charge is 0.204 e. The predicted molar refractivity (Wildman–Crippen MR) is 45.3 cm³/mol. The molecule has 12 heavy (non-hydrogen) atoms. The van der Waals surface area contributed by atoms with E-state index in [1.807, 2.05) is 10.8 Å². The van der Waals surface area contributed by atoms with Gasteiger partial charge in [-0.15, -0.1) is 0 Å². The van der Waals surface area contributed by atoms with Gasteiger partial charge in [0.2, 0.25) is 5.76 Å². The minimum absolute atomic E-state index is 0.578. The van der Waals surface area contributed by atoms with Gasteiger partial charge in [0.1, 0.15) is 18.8 Å². The van der Waals surface area contributed by atoms with E-state index in [0.29, 0.717) is 11.5 Å². The second-order valence-corrected chi connectivity index (χ2v) is 2.80. The zero-order valence-corrected chi connectivity index (χ0v) is 6.91. The fourth-order valence-electron chi connectivity index (χ4n) is 0.756. The Bertz CT molecular complexity index is 259. The number of ether oxygens (including phenoxy) is 3. The maximum absolute atomic E-state index is 5.17. The normalized spacial score (nSPS) is 20.0. The summed E-state index contributed by atoms with van der Waals surface area (Å²) in [5.74, 6) is 1.24. The lowest BCUT2D eigenvalue weighted by molar-refractivity contribution is 0.225. The van der Waals surface area contributed by atoms with Crippen LogP contribution in [0.2, 0.25) is 0 Å². The standard InChI is InChI=1S/C8H6O3S/c1-2-10-7(5-9-1)8-6-12-4-3-11-8/h1-6H. The molecule has 0 bridgehead atoms. The molecule has 0 aromatic rings. The minimum Gasteiger partial charge on any atom is -0.465 e. The first kappa shape index (κ1) is 7.36. The molecule has 0 N–H and O–H groups in total. The molecule has 62 valence electrons. The Morgan fingerprint density at radius 1 is 1.00 bits per heavy atom. The van der Waals surface area contributed by atoms with Gasteiger partial charge >= 0.3 is 0 Å². The lowest BCUT2D eigenvalue weighted by atomic mass is 10.4. The van der Waals surface area contributed by atoms with E-state index in [1.165, 1.54) is 30.5 Å². The van der Waals surface area contributed by atoms with Gasteiger partial charge in [-0.2, -0.15) is 0 Å². The van der Waals surface area contributed by atoms with Gasteiger partial charge < -0.3 is 14.2 Å². The van der Waals surface area contributed by atoms with E-state index in [0.717, 1.165) is 0 Å². The van der Waals surface area contributed by atoms with Gasteiger partial charge in [0.05, 0.1) is 6.26 Å². The van der Waals surface area contributed by atoms with Crippen LogP contribution in [0.15, 0.2) is 47.4 Å². The molecule has 2 rings (SSSR count). The number of rotatable bonds is 1. The zero-order valence-electron chi connectivity index (χ0n) is 6.10. The maximum Gasteiger partial charge on any atom is 0.204 e. The second kappa shape index (κ2) is 3.40. The van der Waals surface area contributed by atoms with Crippen molar-refractivity contribution in [3.8, 4) is 0 Å². The van der Waals surface area contributed by atoms with Crippen molar-refractivity contribution >= 4 is 11.8 Å². The summed E-state index contributed by atoms with van der Waals surface area (Å²) < 4.78 is 15.2. The third-order valence-corrected chi connectivity index (χ3v) is 1.87. The fourth-order valence-corrected chi connectivity index (χ4v) is 1.25. The van der Waals surface area contributed by atoms with Gasteiger partial charge in [-0.3, -0.25) is 0 Å². The first-order chi connectivity index (χ1) is 5.97. The molecule has 0 saturated heterocycles. The highest BCUT2D eigenvalue weighted by Gasteiger charge is 2.11. The first-order valence-electron chi connectivity index (χ1n) is 3.32. The van der Waals surface area contributed by atoms with Crippen molar-refractivity contribution < 1.29 is 14.2 Å². The molecule has 0 aliphatic carbocycles. The van der Waals surface area contributed by atoms with Gasteiger partial charge in [-0.25, -0.2) is 0 Å². The average molecular weight is 182 g/mol. The predicted octanol–water partition coefficient (Wildman–Crippen LogP) is 2.42. The Kier molecular flexibility index (Phi) is 2.09. The topological polar surface area (TPSA) is 27.7 Å². The molecule has 2 aliphatic heterocycles. The Labute approximate surface area is 74.0 Å². The van der Waals surface area contributed by atoms with E-state index < -0.39 is 0 Å². The summed E-state index contributed by atoms with van der Waals surface area (Å²) in [5, 5.41) is 3.68. The van der Waals surface area contributed by atoms with E-state index in [2.05, 4.69) is 0 Å². The lowest BCUT2D eigenvalue weighted by Gasteiger charge is -2.13. The molecule has 0 aromatic carbocycles. The number of hydrogen-bond acceptors (Lipinski definition) is 4. The Morgan fingerprint density at radius 3 is 2.58 bits per heavy atom. The molecule has 0 unspecified atom stereocenters. The summed E-state index contributed by atoms with van der Waals surface area (Å²) in [6.45, 7) is 0. The first-order valence-corrected chi connectivity index (χ1v) is 4.26. The highest BCUT2D eigenvalue weighted by atomic mass is 32.2. The molecule has 0 aromatic heterocycles. The fraction of sp³-hybridized carbons (Fsp3) is 0. The van der Waals surface area contributed by atoms with Crippen LogP contribution in [-0.4, -0.2) is 0 Å². The van der Waals surface area contributed by atoms with Crippen LogP contribution >= 0.6 is 11.8 Å². The van der Waals surface area contributed by atoms with E-state index in [9.17, 15) is 0 Å². The van der Waals surface area contributed by atoms with Crippen LogP contribution in [-0.2, 0) is 14.2 Å². The maximum atomic E-state index is 5.17. The largest absolute Gasteiger partial charge is 0.465 e. The molecule has 2 heterocycles. The van der Waals surface area contributed by atoms with Crippen molar-refractivity contribution in [2.45, 2.75) is 0 Å². The highest BCUT2D eigenvalue weighted by Crippen LogP contribution is 2.24. The Balaban J connectivity index is 2.08. The molecule has 0 fully saturated rings. The monoisotopic (exact) mass is 182 g/mol. The van der Waals surface area contributed by atoms with Crippen LogP contribution in [0.4, 0.5) is 0 Å². The zero-order chi connectivity index (χ0) is 8.23. The number of hydrogen-bond donors (Lipinski definition) is 0. The highest BCUT2D eigenvalue weighted by molar-refractivity contribution is 8.04. The summed E-state index contributed by atoms with van der Waals surface area (Å²) in [5.41, 5.74) is 0. The third kappa shape index (κ3) is 1.48. The summed E-state index contributed by atoms with van der Waals surface area (Å²) in [6, 6.07) is 0. The summed E-state index contributed by atoms with van der Waals surface area (Å²) >= 11 is 1.53. The average Bonchev–Trinajstić information content (AvgIpc) is 2.21. The van der Waals surface area contributed by atoms with Crippen molar-refractivity contribution in [1.82, 2.24) is 0 Å². The second-order valence-electron chi connectivity index (χ2n) is 2.02. The van der Waals surface area contributed by atoms with Crippen molar-refractivity contribution in [2.75, 3.05) is 0 Å². The minimum atomic E-state index is 0.578. The van der Waals surface area contributed by atoms with E-state index >= 15 is 0 Å². The Hall–Kier alpha value is -1.29. The number of thioether (sulfide) groups is 1. The van der Waals surface area contributed by atoms with Crippen LogP contribution < -0.4 is 0 Å². The van der Waals surface area contributed by atoms with Crippen molar-refractivity contribution in [2.24, 2.45) is 0 Å². The van der Waals surface area contributed by atoms with Crippen molar-refractivity contribution in [3.63, 3.8) is 0 Å². The Morgan fingerprint density at radius 2 is 1.92 bits per heavy atom. The van der Waals surface area contributed by atoms with Crippen molar-refractivity contribution in [3.05, 3.63) is 47.4 Å². The SMILES string of the molecule is C1=COC(C2=CSC=CO2)=CO1. The summed E-state index contributed by atoms with van der Waals surface area (Å²) in [7, 11) is 0. The van der Waals surface area contributed by atoms with Crippen LogP contribution in [0.3, 0.4) is 0 Å². The quantitative estimate of drug-likeness (QED) is 0.622. The summed E-state index contributed by atoms with van der Waals surface area (Å²) in [4.78, 5) is 0. The van der Waals surface area contributed by atoms with Crippen LogP contribution in [0, 0.1) is 0 Å². The molecule has 4 heteroatoms. The van der Waals surface area contributed by atoms with Gasteiger partial charge in [0.15, 0.2) is 5.76 Å². The van der Waals surface area contributed by atoms with E-state index in [4.69, 9.17) is 14.2 Å². The van der Waals surface area contributed by atoms with E-state index in [1.54, 1.807) is 6.26 Å². The van der Waals surface area contributed by atoms with Crippen molar-refractivity contribution in [1.29, 1.82) is 0 Å². The van der Waals surface area contributed by atoms with Crippen LogP contribution in [0.5, 0.6) is 0 Å². The third-order valence-electron chi connectivity index (χ3n) is 1.25. The van der Waals surface area contributed by atoms with E-state index in [-0.39, 0.29) is 0 Å². The van der Waals surface area contributed by atoms with Gasteiger partial charge in [0, 0.05) is 10.8 Å². The molecule has 0 amide bonds. The molecular weight excluding hydrogens is 176 g/mol. The van der Waals surface area contributed by atoms with Crippen LogP contribution in [0.1, 0.15) is 0 Å². The molecule has 0 spiro atoms. The van der Waals surface area contributed by atoms with Gasteiger partial charge in [-0.1, -0.05) is 11.8 Å². The lowest BCUT2D eigenvalue weighted by Crippen LogP contribution is -1.98. The molecule has 0 atom stereocenters. The summed E-state index contributed by atoms with van der Waals surface area (Å²) in [6.07, 6.45) is 6.01.